The molecule has 0 radical (unpaired) electrons. The van der Waals surface area contributed by atoms with E-state index < -0.39 is 0 Å². The third kappa shape index (κ3) is 4.02. The molecule has 0 aromatic heterocycles. The zero-order valence-electron chi connectivity index (χ0n) is 10.9. The number of allylic oxidation sites excluding steroid dienone is 1. The fourth-order valence-electron chi connectivity index (χ4n) is 1.47. The van der Waals surface area contributed by atoms with Crippen LogP contribution in [0.1, 0.15) is 20.3 Å². The largest absolute Gasteiger partial charge is 0.493 e. The van der Waals surface area contributed by atoms with Crippen LogP contribution in [0, 0.1) is 0 Å². The first-order valence-corrected chi connectivity index (χ1v) is 5.66. The highest BCUT2D eigenvalue weighted by Gasteiger charge is 2.10. The van der Waals surface area contributed by atoms with Gasteiger partial charge >= 0.3 is 0 Å². The second kappa shape index (κ2) is 6.84. The number of ether oxygens (including phenoxy) is 3. The van der Waals surface area contributed by atoms with Crippen molar-refractivity contribution in [2.45, 2.75) is 20.3 Å². The van der Waals surface area contributed by atoms with Crippen LogP contribution in [0.15, 0.2) is 29.8 Å². The second-order valence-electron chi connectivity index (χ2n) is 3.91. The Hall–Kier alpha value is -1.64. The Morgan fingerprint density at radius 1 is 1.12 bits per heavy atom. The van der Waals surface area contributed by atoms with E-state index >= 15 is 0 Å². The van der Waals surface area contributed by atoms with Gasteiger partial charge < -0.3 is 14.2 Å². The summed E-state index contributed by atoms with van der Waals surface area (Å²) in [5.41, 5.74) is 1.29. The van der Waals surface area contributed by atoms with Crippen molar-refractivity contribution in [3.63, 3.8) is 0 Å². The summed E-state index contributed by atoms with van der Waals surface area (Å²) in [5, 5.41) is 0. The Balaban J connectivity index is 2.71. The van der Waals surface area contributed by atoms with E-state index in [0.29, 0.717) is 23.9 Å². The predicted octanol–water partition coefficient (Wildman–Crippen LogP) is 3.44. The lowest BCUT2D eigenvalue weighted by molar-refractivity contribution is 0.279. The molecule has 0 amide bonds. The van der Waals surface area contributed by atoms with Crippen LogP contribution >= 0.6 is 0 Å². The molecule has 17 heavy (non-hydrogen) atoms. The van der Waals surface area contributed by atoms with Crippen LogP contribution < -0.4 is 14.2 Å². The fraction of sp³-hybridized carbons (Fsp3) is 0.429. The van der Waals surface area contributed by atoms with Crippen molar-refractivity contribution in [3.05, 3.63) is 29.8 Å². The van der Waals surface area contributed by atoms with Gasteiger partial charge in [-0.25, -0.2) is 0 Å². The quantitative estimate of drug-likeness (QED) is 0.559. The summed E-state index contributed by atoms with van der Waals surface area (Å²) < 4.78 is 16.2. The zero-order chi connectivity index (χ0) is 12.7. The normalized spacial score (nSPS) is 9.65. The number of hydrogen-bond donors (Lipinski definition) is 0. The maximum atomic E-state index is 5.71. The van der Waals surface area contributed by atoms with Crippen molar-refractivity contribution in [2.24, 2.45) is 0 Å². The minimum atomic E-state index is 0.613. The monoisotopic (exact) mass is 236 g/mol. The van der Waals surface area contributed by atoms with Crippen LogP contribution in [0.4, 0.5) is 0 Å². The van der Waals surface area contributed by atoms with Crippen LogP contribution in [-0.2, 0) is 0 Å². The second-order valence-corrected chi connectivity index (χ2v) is 3.91. The van der Waals surface area contributed by atoms with Gasteiger partial charge in [-0.15, -0.1) is 0 Å². The fourth-order valence-corrected chi connectivity index (χ4v) is 1.47. The van der Waals surface area contributed by atoms with Gasteiger partial charge in [-0.3, -0.25) is 0 Å². The average Bonchev–Trinajstić information content (AvgIpc) is 2.34. The molecule has 0 saturated carbocycles. The molecule has 1 aromatic carbocycles. The predicted molar refractivity (Wildman–Crippen MR) is 69.1 cm³/mol. The summed E-state index contributed by atoms with van der Waals surface area (Å²) in [6, 6.07) is 5.60. The molecule has 0 saturated heterocycles. The van der Waals surface area contributed by atoms with Crippen molar-refractivity contribution < 1.29 is 14.2 Å². The van der Waals surface area contributed by atoms with Gasteiger partial charge in [0.1, 0.15) is 0 Å². The van der Waals surface area contributed by atoms with Gasteiger partial charge in [-0.2, -0.15) is 0 Å². The highest BCUT2D eigenvalue weighted by molar-refractivity contribution is 5.51. The van der Waals surface area contributed by atoms with Crippen LogP contribution in [0.3, 0.4) is 0 Å². The molecular formula is C14H20O3. The number of benzene rings is 1. The highest BCUT2D eigenvalue weighted by atomic mass is 16.5. The van der Waals surface area contributed by atoms with E-state index in [2.05, 4.69) is 19.9 Å². The van der Waals surface area contributed by atoms with Gasteiger partial charge in [0.25, 0.3) is 0 Å². The molecule has 0 N–H and O–H groups in total. The van der Waals surface area contributed by atoms with Gasteiger partial charge in [-0.1, -0.05) is 17.7 Å². The molecule has 94 valence electrons. The summed E-state index contributed by atoms with van der Waals surface area (Å²) in [4.78, 5) is 0. The molecule has 1 rings (SSSR count). The number of methoxy groups -OCH3 is 2. The number of rotatable bonds is 6. The maximum absolute atomic E-state index is 5.71. The summed E-state index contributed by atoms with van der Waals surface area (Å²) >= 11 is 0. The smallest absolute Gasteiger partial charge is 0.203 e. The number of hydrogen-bond acceptors (Lipinski definition) is 3. The zero-order valence-corrected chi connectivity index (χ0v) is 10.9. The van der Waals surface area contributed by atoms with Gasteiger partial charge in [0.05, 0.1) is 20.8 Å². The highest BCUT2D eigenvalue weighted by Crippen LogP contribution is 2.36. The maximum Gasteiger partial charge on any atom is 0.203 e. The molecule has 0 spiro atoms. The lowest BCUT2D eigenvalue weighted by Gasteiger charge is -2.13. The minimum Gasteiger partial charge on any atom is -0.493 e. The van der Waals surface area contributed by atoms with E-state index in [0.717, 1.165) is 6.42 Å². The van der Waals surface area contributed by atoms with E-state index in [-0.39, 0.29) is 0 Å². The summed E-state index contributed by atoms with van der Waals surface area (Å²) in [6.07, 6.45) is 3.02. The molecule has 0 bridgehead atoms. The van der Waals surface area contributed by atoms with Crippen molar-refractivity contribution in [1.29, 1.82) is 0 Å². The van der Waals surface area contributed by atoms with Crippen LogP contribution in [0.25, 0.3) is 0 Å². The van der Waals surface area contributed by atoms with E-state index in [1.165, 1.54) is 5.57 Å². The topological polar surface area (TPSA) is 27.7 Å². The third-order valence-corrected chi connectivity index (χ3v) is 2.30. The Labute approximate surface area is 103 Å². The summed E-state index contributed by atoms with van der Waals surface area (Å²) in [6.45, 7) is 4.76. The minimum absolute atomic E-state index is 0.613. The molecule has 0 aliphatic heterocycles. The van der Waals surface area contributed by atoms with Gasteiger partial charge in [0.2, 0.25) is 5.75 Å². The molecule has 0 heterocycles. The Morgan fingerprint density at radius 2 is 1.71 bits per heavy atom. The molecule has 0 fully saturated rings. The van der Waals surface area contributed by atoms with Gasteiger partial charge in [-0.05, 0) is 32.4 Å². The standard InChI is InChI=1S/C14H20O3/c1-11(2)7-6-10-17-14-12(15-3)8-5-9-13(14)16-4/h5,7-9H,6,10H2,1-4H3. The van der Waals surface area contributed by atoms with Crippen molar-refractivity contribution >= 4 is 0 Å². The van der Waals surface area contributed by atoms with E-state index in [9.17, 15) is 0 Å². The first-order valence-electron chi connectivity index (χ1n) is 5.66. The molecule has 0 unspecified atom stereocenters. The molecule has 0 aliphatic carbocycles. The Bertz CT molecular complexity index is 357. The first-order chi connectivity index (χ1) is 8.19. The van der Waals surface area contributed by atoms with E-state index in [1.54, 1.807) is 14.2 Å². The van der Waals surface area contributed by atoms with E-state index in [1.807, 2.05) is 18.2 Å². The molecule has 3 nitrogen and oxygen atoms in total. The van der Waals surface area contributed by atoms with Crippen molar-refractivity contribution in [2.75, 3.05) is 20.8 Å². The SMILES string of the molecule is COc1cccc(OC)c1OCCC=C(C)C. The molecular weight excluding hydrogens is 216 g/mol. The first kappa shape index (κ1) is 13.4. The van der Waals surface area contributed by atoms with Crippen molar-refractivity contribution in [1.82, 2.24) is 0 Å². The van der Waals surface area contributed by atoms with Gasteiger partial charge in [0.15, 0.2) is 11.5 Å². The van der Waals surface area contributed by atoms with Gasteiger partial charge in [0, 0.05) is 0 Å². The van der Waals surface area contributed by atoms with E-state index in [4.69, 9.17) is 14.2 Å². The Morgan fingerprint density at radius 3 is 2.18 bits per heavy atom. The van der Waals surface area contributed by atoms with Crippen LogP contribution in [0.2, 0.25) is 0 Å². The Kier molecular flexibility index (Phi) is 5.40. The third-order valence-electron chi connectivity index (χ3n) is 2.30. The van der Waals surface area contributed by atoms with Crippen LogP contribution in [0.5, 0.6) is 17.2 Å². The van der Waals surface area contributed by atoms with Crippen molar-refractivity contribution in [3.8, 4) is 17.2 Å². The number of para-hydroxylation sites is 1. The molecule has 0 aliphatic rings. The lowest BCUT2D eigenvalue weighted by atomic mass is 10.2. The summed E-state index contributed by atoms with van der Waals surface area (Å²) in [7, 11) is 3.25. The summed E-state index contributed by atoms with van der Waals surface area (Å²) in [5.74, 6) is 2.06. The van der Waals surface area contributed by atoms with Crippen LogP contribution in [-0.4, -0.2) is 20.8 Å². The average molecular weight is 236 g/mol. The lowest BCUT2D eigenvalue weighted by Crippen LogP contribution is -2.00. The molecule has 0 atom stereocenters. The molecule has 1 aromatic rings. The molecule has 3 heteroatoms.